The van der Waals surface area contributed by atoms with E-state index in [9.17, 15) is 4.79 Å². The van der Waals surface area contributed by atoms with Gasteiger partial charge in [-0.05, 0) is 48.9 Å². The van der Waals surface area contributed by atoms with Gasteiger partial charge in [-0.1, -0.05) is 42.5 Å². The van der Waals surface area contributed by atoms with Crippen LogP contribution < -0.4 is 15.5 Å². The van der Waals surface area contributed by atoms with Crippen molar-refractivity contribution in [3.8, 4) is 0 Å². The molecule has 0 bridgehead atoms. The summed E-state index contributed by atoms with van der Waals surface area (Å²) in [6.45, 7) is 7.45. The first-order valence-electron chi connectivity index (χ1n) is 11.4. The fourth-order valence-corrected chi connectivity index (χ4v) is 4.29. The second-order valence-electron chi connectivity index (χ2n) is 8.25. The van der Waals surface area contributed by atoms with E-state index in [-0.39, 0.29) is 29.9 Å². The Balaban J connectivity index is 0.00000289. The van der Waals surface area contributed by atoms with Gasteiger partial charge in [0, 0.05) is 38.4 Å². The maximum Gasteiger partial charge on any atom is 0.241 e. The smallest absolute Gasteiger partial charge is 0.241 e. The highest BCUT2D eigenvalue weighted by Gasteiger charge is 2.19. The third-order valence-corrected chi connectivity index (χ3v) is 6.01. The Morgan fingerprint density at radius 3 is 2.44 bits per heavy atom. The normalized spacial score (nSPS) is 15.3. The summed E-state index contributed by atoms with van der Waals surface area (Å²) in [6.07, 6.45) is 3.35. The van der Waals surface area contributed by atoms with Crippen LogP contribution in [-0.2, 0) is 24.3 Å². The van der Waals surface area contributed by atoms with E-state index in [2.05, 4.69) is 69.1 Å². The second-order valence-corrected chi connectivity index (χ2v) is 8.25. The zero-order valence-corrected chi connectivity index (χ0v) is 21.2. The number of nitrogens with zero attached hydrogens (tertiary/aromatic N) is 3. The first-order valence-corrected chi connectivity index (χ1v) is 11.4. The lowest BCUT2D eigenvalue weighted by Gasteiger charge is -2.19. The van der Waals surface area contributed by atoms with Crippen molar-refractivity contribution in [2.45, 2.75) is 39.3 Å². The topological polar surface area (TPSA) is 60.0 Å². The van der Waals surface area contributed by atoms with Crippen molar-refractivity contribution in [1.29, 1.82) is 0 Å². The SMILES string of the molecule is CCNC(=NCc1ccc(CN2CCc3ccccc32)cc1)NCC(=O)N1CCCC1.I. The molecule has 6 nitrogen and oxygen atoms in total. The number of amides is 1. The summed E-state index contributed by atoms with van der Waals surface area (Å²) in [6, 6.07) is 17.4. The molecule has 1 saturated heterocycles. The first-order chi connectivity index (χ1) is 15.2. The van der Waals surface area contributed by atoms with Gasteiger partial charge in [-0.25, -0.2) is 4.99 Å². The summed E-state index contributed by atoms with van der Waals surface area (Å²) in [5, 5.41) is 6.41. The molecule has 2 aromatic carbocycles. The van der Waals surface area contributed by atoms with Gasteiger partial charge in [-0.2, -0.15) is 0 Å². The van der Waals surface area contributed by atoms with Gasteiger partial charge in [0.1, 0.15) is 0 Å². The van der Waals surface area contributed by atoms with E-state index in [1.54, 1.807) is 0 Å². The summed E-state index contributed by atoms with van der Waals surface area (Å²) in [7, 11) is 0. The maximum atomic E-state index is 12.3. The van der Waals surface area contributed by atoms with E-state index in [0.29, 0.717) is 19.0 Å². The minimum absolute atomic E-state index is 0. The standard InChI is InChI=1S/C25H33N5O.HI/c1-2-26-25(28-18-24(31)29-14-5-6-15-29)27-17-20-9-11-21(12-10-20)19-30-16-13-22-7-3-4-8-23(22)30;/h3-4,7-12H,2,5-6,13-19H2,1H3,(H2,26,27,28);1H. The highest BCUT2D eigenvalue weighted by molar-refractivity contribution is 14.0. The fraction of sp³-hybridized carbons (Fsp3) is 0.440. The average Bonchev–Trinajstić information content (AvgIpc) is 3.47. The van der Waals surface area contributed by atoms with Crippen molar-refractivity contribution in [2.75, 3.05) is 37.6 Å². The molecule has 2 N–H and O–H groups in total. The number of hydrogen-bond acceptors (Lipinski definition) is 3. The van der Waals surface area contributed by atoms with Crippen molar-refractivity contribution in [3.63, 3.8) is 0 Å². The molecule has 0 aromatic heterocycles. The molecule has 2 aliphatic rings. The third kappa shape index (κ3) is 6.37. The summed E-state index contributed by atoms with van der Waals surface area (Å²) in [4.78, 5) is 21.3. The molecule has 1 fully saturated rings. The minimum atomic E-state index is 0. The molecule has 2 aromatic rings. The van der Waals surface area contributed by atoms with Crippen LogP contribution in [0.2, 0.25) is 0 Å². The van der Waals surface area contributed by atoms with Crippen LogP contribution in [0.15, 0.2) is 53.5 Å². The van der Waals surface area contributed by atoms with E-state index >= 15 is 0 Å². The van der Waals surface area contributed by atoms with Gasteiger partial charge >= 0.3 is 0 Å². The Bertz CT molecular complexity index is 909. The maximum absolute atomic E-state index is 12.3. The molecule has 0 spiro atoms. The molecule has 2 heterocycles. The van der Waals surface area contributed by atoms with Crippen LogP contribution in [0.1, 0.15) is 36.5 Å². The number of benzene rings is 2. The zero-order chi connectivity index (χ0) is 21.5. The number of anilines is 1. The van der Waals surface area contributed by atoms with Crippen LogP contribution in [-0.4, -0.2) is 49.5 Å². The van der Waals surface area contributed by atoms with Crippen molar-refractivity contribution < 1.29 is 4.79 Å². The molecule has 32 heavy (non-hydrogen) atoms. The number of halogens is 1. The summed E-state index contributed by atoms with van der Waals surface area (Å²) >= 11 is 0. The van der Waals surface area contributed by atoms with E-state index < -0.39 is 0 Å². The van der Waals surface area contributed by atoms with E-state index in [0.717, 1.165) is 57.5 Å². The van der Waals surface area contributed by atoms with E-state index in [1.807, 2.05) is 11.8 Å². The number of nitrogens with one attached hydrogen (secondary N) is 2. The van der Waals surface area contributed by atoms with Gasteiger partial charge in [0.25, 0.3) is 0 Å². The number of fused-ring (bicyclic) bond motifs is 1. The van der Waals surface area contributed by atoms with Gasteiger partial charge in [-0.3, -0.25) is 4.79 Å². The highest BCUT2D eigenvalue weighted by Crippen LogP contribution is 2.28. The van der Waals surface area contributed by atoms with Gasteiger partial charge < -0.3 is 20.4 Å². The number of guanidine groups is 1. The van der Waals surface area contributed by atoms with E-state index in [1.165, 1.54) is 16.8 Å². The Hall–Kier alpha value is -2.29. The number of rotatable bonds is 7. The van der Waals surface area contributed by atoms with Gasteiger partial charge in [0.2, 0.25) is 5.91 Å². The summed E-state index contributed by atoms with van der Waals surface area (Å²) in [5.74, 6) is 0.837. The second kappa shape index (κ2) is 12.1. The molecular weight excluding hydrogens is 513 g/mol. The molecule has 4 rings (SSSR count). The molecule has 0 radical (unpaired) electrons. The molecular formula is C25H34IN5O. The molecule has 0 atom stereocenters. The van der Waals surface area contributed by atoms with Gasteiger partial charge in [0.15, 0.2) is 5.96 Å². The highest BCUT2D eigenvalue weighted by atomic mass is 127. The predicted molar refractivity (Wildman–Crippen MR) is 142 cm³/mol. The Morgan fingerprint density at radius 2 is 1.69 bits per heavy atom. The quantitative estimate of drug-likeness (QED) is 0.317. The molecule has 0 saturated carbocycles. The molecule has 2 aliphatic heterocycles. The van der Waals surface area contributed by atoms with Crippen LogP contribution in [0.4, 0.5) is 5.69 Å². The van der Waals surface area contributed by atoms with Crippen LogP contribution in [0.25, 0.3) is 0 Å². The van der Waals surface area contributed by atoms with Crippen molar-refractivity contribution in [2.24, 2.45) is 4.99 Å². The fourth-order valence-electron chi connectivity index (χ4n) is 4.29. The molecule has 1 amide bonds. The van der Waals surface area contributed by atoms with Crippen LogP contribution in [0.3, 0.4) is 0 Å². The third-order valence-electron chi connectivity index (χ3n) is 6.01. The van der Waals surface area contributed by atoms with Crippen molar-refractivity contribution in [1.82, 2.24) is 15.5 Å². The largest absolute Gasteiger partial charge is 0.367 e. The molecule has 0 unspecified atom stereocenters. The number of carbonyl (C=O) groups excluding carboxylic acids is 1. The Morgan fingerprint density at radius 1 is 0.969 bits per heavy atom. The lowest BCUT2D eigenvalue weighted by molar-refractivity contribution is -0.128. The van der Waals surface area contributed by atoms with Gasteiger partial charge in [0.05, 0.1) is 13.1 Å². The lowest BCUT2D eigenvalue weighted by atomic mass is 10.1. The number of likely N-dealkylation sites (tertiary alicyclic amines) is 1. The monoisotopic (exact) mass is 547 g/mol. The van der Waals surface area contributed by atoms with Gasteiger partial charge in [-0.15, -0.1) is 24.0 Å². The number of hydrogen-bond donors (Lipinski definition) is 2. The summed E-state index contributed by atoms with van der Waals surface area (Å²) < 4.78 is 0. The average molecular weight is 547 g/mol. The number of aliphatic imine (C=N–C) groups is 1. The Labute approximate surface area is 208 Å². The summed E-state index contributed by atoms with van der Waals surface area (Å²) in [5.41, 5.74) is 5.28. The Kier molecular flexibility index (Phi) is 9.20. The molecule has 7 heteroatoms. The predicted octanol–water partition coefficient (Wildman–Crippen LogP) is 3.54. The van der Waals surface area contributed by atoms with Crippen molar-refractivity contribution >= 4 is 41.5 Å². The number of para-hydroxylation sites is 1. The van der Waals surface area contributed by atoms with Crippen LogP contribution >= 0.6 is 24.0 Å². The molecule has 0 aliphatic carbocycles. The van der Waals surface area contributed by atoms with Crippen LogP contribution in [0.5, 0.6) is 0 Å². The first kappa shape index (κ1) is 24.4. The van der Waals surface area contributed by atoms with Crippen LogP contribution in [0, 0.1) is 0 Å². The lowest BCUT2D eigenvalue weighted by Crippen LogP contribution is -2.44. The van der Waals surface area contributed by atoms with E-state index in [4.69, 9.17) is 0 Å². The minimum Gasteiger partial charge on any atom is -0.367 e. The van der Waals surface area contributed by atoms with Crippen molar-refractivity contribution in [3.05, 3.63) is 65.2 Å². The zero-order valence-electron chi connectivity index (χ0n) is 18.8. The molecule has 172 valence electrons. The number of carbonyl (C=O) groups is 1.